The summed E-state index contributed by atoms with van der Waals surface area (Å²) in [5.74, 6) is 0.301. The Hall–Kier alpha value is -4.78. The SMILES string of the molecule is COC(=O)C(CC(C)C)NC(=O)c1cc(OCc2ccccc2)c(OCc2ccccc2)c(OCc2ccccc2)c1. The minimum absolute atomic E-state index is 0.165. The van der Waals surface area contributed by atoms with Crippen LogP contribution in [-0.2, 0) is 29.4 Å². The summed E-state index contributed by atoms with van der Waals surface area (Å²) in [7, 11) is 1.31. The van der Waals surface area contributed by atoms with Crippen molar-refractivity contribution in [3.8, 4) is 17.2 Å². The zero-order valence-electron chi connectivity index (χ0n) is 24.2. The van der Waals surface area contributed by atoms with Crippen LogP contribution in [0.15, 0.2) is 103 Å². The highest BCUT2D eigenvalue weighted by Crippen LogP contribution is 2.40. The normalized spacial score (nSPS) is 11.4. The molecule has 4 rings (SSSR count). The van der Waals surface area contributed by atoms with E-state index in [1.807, 2.05) is 105 Å². The number of hydrogen-bond acceptors (Lipinski definition) is 6. The summed E-state index contributed by atoms with van der Waals surface area (Å²) in [5, 5.41) is 2.83. The lowest BCUT2D eigenvalue weighted by Crippen LogP contribution is -2.42. The number of carbonyl (C=O) groups is 2. The Morgan fingerprint density at radius 1 is 0.667 bits per heavy atom. The van der Waals surface area contributed by atoms with Gasteiger partial charge in [-0.2, -0.15) is 0 Å². The third-order valence-electron chi connectivity index (χ3n) is 6.48. The fourth-order valence-electron chi connectivity index (χ4n) is 4.33. The van der Waals surface area contributed by atoms with Crippen LogP contribution in [0.25, 0.3) is 0 Å². The van der Waals surface area contributed by atoms with Crippen molar-refractivity contribution in [3.05, 3.63) is 125 Å². The molecule has 4 aromatic rings. The lowest BCUT2D eigenvalue weighted by atomic mass is 10.0. The van der Waals surface area contributed by atoms with E-state index < -0.39 is 17.9 Å². The van der Waals surface area contributed by atoms with Gasteiger partial charge in [0.05, 0.1) is 7.11 Å². The van der Waals surface area contributed by atoms with Crippen molar-refractivity contribution in [2.24, 2.45) is 5.92 Å². The monoisotopic (exact) mass is 567 g/mol. The Bertz CT molecular complexity index is 1360. The molecule has 0 radical (unpaired) electrons. The minimum Gasteiger partial charge on any atom is -0.485 e. The molecule has 0 aliphatic carbocycles. The molecule has 0 bridgehead atoms. The molecule has 1 unspecified atom stereocenters. The minimum atomic E-state index is -0.793. The number of rotatable bonds is 14. The quantitative estimate of drug-likeness (QED) is 0.170. The van der Waals surface area contributed by atoms with E-state index in [4.69, 9.17) is 18.9 Å². The van der Waals surface area contributed by atoms with Crippen LogP contribution in [0.4, 0.5) is 0 Å². The first-order valence-corrected chi connectivity index (χ1v) is 14.0. The van der Waals surface area contributed by atoms with E-state index in [9.17, 15) is 9.59 Å². The van der Waals surface area contributed by atoms with Crippen LogP contribution in [-0.4, -0.2) is 25.0 Å². The average molecular weight is 568 g/mol. The van der Waals surface area contributed by atoms with E-state index in [0.717, 1.165) is 16.7 Å². The van der Waals surface area contributed by atoms with Crippen LogP contribution in [0.1, 0.15) is 47.3 Å². The van der Waals surface area contributed by atoms with Crippen molar-refractivity contribution in [2.75, 3.05) is 7.11 Å². The van der Waals surface area contributed by atoms with Crippen molar-refractivity contribution in [2.45, 2.75) is 46.1 Å². The maximum absolute atomic E-state index is 13.5. The number of methoxy groups -OCH3 is 1. The van der Waals surface area contributed by atoms with Gasteiger partial charge in [-0.15, -0.1) is 0 Å². The number of carbonyl (C=O) groups excluding carboxylic acids is 2. The maximum Gasteiger partial charge on any atom is 0.328 e. The van der Waals surface area contributed by atoms with Gasteiger partial charge in [-0.25, -0.2) is 4.79 Å². The standard InChI is InChI=1S/C35H37NO6/c1-25(2)19-30(35(38)39-3)36-34(37)29-20-31(40-22-26-13-7-4-8-14-26)33(42-24-28-17-11-6-12-18-28)32(21-29)41-23-27-15-9-5-10-16-27/h4-18,20-21,25,30H,19,22-24H2,1-3H3,(H,36,37). The highest BCUT2D eigenvalue weighted by molar-refractivity contribution is 5.98. The van der Waals surface area contributed by atoms with E-state index in [2.05, 4.69) is 5.32 Å². The third kappa shape index (κ3) is 8.86. The molecule has 1 amide bonds. The first-order valence-electron chi connectivity index (χ1n) is 14.0. The molecule has 0 aromatic heterocycles. The molecule has 1 N–H and O–H groups in total. The predicted octanol–water partition coefficient (Wildman–Crippen LogP) is 6.74. The second-order valence-corrected chi connectivity index (χ2v) is 10.3. The average Bonchev–Trinajstić information content (AvgIpc) is 3.02. The number of ether oxygens (including phenoxy) is 4. The van der Waals surface area contributed by atoms with Gasteiger partial charge in [0, 0.05) is 5.56 Å². The Morgan fingerprint density at radius 3 is 1.50 bits per heavy atom. The van der Waals surface area contributed by atoms with Gasteiger partial charge < -0.3 is 24.3 Å². The molecule has 7 nitrogen and oxygen atoms in total. The molecule has 0 saturated carbocycles. The maximum atomic E-state index is 13.5. The van der Waals surface area contributed by atoms with Crippen molar-refractivity contribution in [3.63, 3.8) is 0 Å². The largest absolute Gasteiger partial charge is 0.485 e. The van der Waals surface area contributed by atoms with Gasteiger partial charge in [-0.3, -0.25) is 4.79 Å². The Kier molecular flexibility index (Phi) is 11.0. The predicted molar refractivity (Wildman–Crippen MR) is 161 cm³/mol. The molecular formula is C35H37NO6. The summed E-state index contributed by atoms with van der Waals surface area (Å²) in [6.45, 7) is 4.74. The molecule has 0 fully saturated rings. The van der Waals surface area contributed by atoms with Crippen LogP contribution in [0, 0.1) is 5.92 Å². The van der Waals surface area contributed by atoms with Crippen LogP contribution in [0.5, 0.6) is 17.2 Å². The first-order chi connectivity index (χ1) is 20.4. The molecule has 1 atom stereocenters. The Morgan fingerprint density at radius 2 is 1.10 bits per heavy atom. The molecule has 0 saturated heterocycles. The Balaban J connectivity index is 1.70. The highest BCUT2D eigenvalue weighted by atomic mass is 16.5. The zero-order chi connectivity index (χ0) is 29.7. The molecule has 0 spiro atoms. The summed E-state index contributed by atoms with van der Waals surface area (Å²) in [4.78, 5) is 26.0. The third-order valence-corrected chi connectivity index (χ3v) is 6.48. The zero-order valence-corrected chi connectivity index (χ0v) is 24.2. The summed E-state index contributed by atoms with van der Waals surface area (Å²) < 4.78 is 23.8. The van der Waals surface area contributed by atoms with Gasteiger partial charge >= 0.3 is 5.97 Å². The molecule has 7 heteroatoms. The van der Waals surface area contributed by atoms with E-state index in [-0.39, 0.29) is 31.3 Å². The smallest absolute Gasteiger partial charge is 0.328 e. The van der Waals surface area contributed by atoms with Crippen molar-refractivity contribution in [1.29, 1.82) is 0 Å². The highest BCUT2D eigenvalue weighted by Gasteiger charge is 2.25. The van der Waals surface area contributed by atoms with Crippen molar-refractivity contribution in [1.82, 2.24) is 5.32 Å². The van der Waals surface area contributed by atoms with Gasteiger partial charge in [0.2, 0.25) is 5.75 Å². The molecule has 0 aliphatic rings. The molecular weight excluding hydrogens is 530 g/mol. The summed E-state index contributed by atoms with van der Waals surface area (Å²) in [5.41, 5.74) is 3.15. The number of nitrogens with one attached hydrogen (secondary N) is 1. The van der Waals surface area contributed by atoms with E-state index >= 15 is 0 Å². The second-order valence-electron chi connectivity index (χ2n) is 10.3. The second kappa shape index (κ2) is 15.3. The fourth-order valence-corrected chi connectivity index (χ4v) is 4.33. The van der Waals surface area contributed by atoms with Crippen LogP contribution in [0.2, 0.25) is 0 Å². The van der Waals surface area contributed by atoms with Crippen LogP contribution >= 0.6 is 0 Å². The van der Waals surface area contributed by atoms with E-state index in [0.29, 0.717) is 23.7 Å². The summed E-state index contributed by atoms with van der Waals surface area (Å²) >= 11 is 0. The fraction of sp³-hybridized carbons (Fsp3) is 0.257. The number of amides is 1. The summed E-state index contributed by atoms with van der Waals surface area (Å²) in [6, 6.07) is 31.7. The van der Waals surface area contributed by atoms with Crippen LogP contribution < -0.4 is 19.5 Å². The number of esters is 1. The molecule has 0 aliphatic heterocycles. The molecule has 0 heterocycles. The van der Waals surface area contributed by atoms with Gasteiger partial charge in [0.25, 0.3) is 5.91 Å². The Labute approximate surface area is 247 Å². The lowest BCUT2D eigenvalue weighted by molar-refractivity contribution is -0.143. The lowest BCUT2D eigenvalue weighted by Gasteiger charge is -2.21. The van der Waals surface area contributed by atoms with E-state index in [1.54, 1.807) is 12.1 Å². The topological polar surface area (TPSA) is 83.1 Å². The van der Waals surface area contributed by atoms with Gasteiger partial charge in [0.15, 0.2) is 11.5 Å². The molecule has 42 heavy (non-hydrogen) atoms. The van der Waals surface area contributed by atoms with E-state index in [1.165, 1.54) is 7.11 Å². The van der Waals surface area contributed by atoms with Crippen molar-refractivity contribution >= 4 is 11.9 Å². The molecule has 218 valence electrons. The summed E-state index contributed by atoms with van der Waals surface area (Å²) in [6.07, 6.45) is 0.436. The number of hydrogen-bond donors (Lipinski definition) is 1. The van der Waals surface area contributed by atoms with Gasteiger partial charge in [-0.05, 0) is 41.2 Å². The van der Waals surface area contributed by atoms with Gasteiger partial charge in [0.1, 0.15) is 25.9 Å². The first kappa shape index (κ1) is 30.2. The van der Waals surface area contributed by atoms with Gasteiger partial charge in [-0.1, -0.05) is 105 Å². The van der Waals surface area contributed by atoms with Crippen LogP contribution in [0.3, 0.4) is 0 Å². The molecule has 4 aromatic carbocycles. The van der Waals surface area contributed by atoms with Crippen molar-refractivity contribution < 1.29 is 28.5 Å². The number of benzene rings is 4.